The molecule has 2 saturated carbocycles. The third-order valence-electron chi connectivity index (χ3n) is 5.78. The molecular weight excluding hydrogens is 206 g/mol. The molecule has 3 aliphatic carbocycles. The van der Waals surface area contributed by atoms with Crippen molar-refractivity contribution in [1.82, 2.24) is 0 Å². The molecule has 0 radical (unpaired) electrons. The van der Waals surface area contributed by atoms with Gasteiger partial charge in [0.25, 0.3) is 0 Å². The molecule has 2 bridgehead atoms. The molecule has 3 atom stereocenters. The third-order valence-corrected chi connectivity index (χ3v) is 5.78. The predicted molar refractivity (Wildman–Crippen MR) is 70.9 cm³/mol. The smallest absolute Gasteiger partial charge is 0.0317 e. The van der Waals surface area contributed by atoms with Crippen LogP contribution in [0, 0.1) is 11.8 Å². The first-order valence-corrected chi connectivity index (χ1v) is 7.18. The highest BCUT2D eigenvalue weighted by Crippen LogP contribution is 2.60. The molecule has 0 saturated heterocycles. The second kappa shape index (κ2) is 3.28. The Bertz CT molecular complexity index is 465. The van der Waals surface area contributed by atoms with Crippen molar-refractivity contribution in [3.63, 3.8) is 0 Å². The first-order chi connectivity index (χ1) is 8.29. The van der Waals surface area contributed by atoms with Crippen LogP contribution in [0.15, 0.2) is 18.2 Å². The van der Waals surface area contributed by atoms with E-state index in [1.807, 2.05) is 0 Å². The van der Waals surface area contributed by atoms with Crippen LogP contribution in [0.2, 0.25) is 0 Å². The van der Waals surface area contributed by atoms with Crippen LogP contribution in [0.3, 0.4) is 0 Å². The lowest BCUT2D eigenvalue weighted by Gasteiger charge is -2.46. The maximum Gasteiger partial charge on any atom is 0.0317 e. The number of anilines is 1. The molecule has 1 aromatic carbocycles. The Labute approximate surface area is 103 Å². The molecule has 0 amide bonds. The summed E-state index contributed by atoms with van der Waals surface area (Å²) in [6, 6.07) is 6.70. The van der Waals surface area contributed by atoms with E-state index in [2.05, 4.69) is 18.2 Å². The van der Waals surface area contributed by atoms with Crippen LogP contribution in [-0.4, -0.2) is 0 Å². The summed E-state index contributed by atoms with van der Waals surface area (Å²) in [5, 5.41) is 0. The van der Waals surface area contributed by atoms with Crippen molar-refractivity contribution in [2.24, 2.45) is 11.8 Å². The Hall–Kier alpha value is -0.980. The van der Waals surface area contributed by atoms with Crippen LogP contribution in [0.4, 0.5) is 5.69 Å². The topological polar surface area (TPSA) is 26.0 Å². The summed E-state index contributed by atoms with van der Waals surface area (Å²) >= 11 is 0. The standard InChI is InChI=1S/C16H21N/c17-13-5-4-11-9-12-6-8-16(15(11)10-13)7-2-1-3-14(12)16/h4-5,10,12,14H,1-3,6-9,17H2/t12-,14+,16-/m0/s1. The van der Waals surface area contributed by atoms with Gasteiger partial charge in [-0.2, -0.15) is 0 Å². The first-order valence-electron chi connectivity index (χ1n) is 7.18. The number of hydrogen-bond acceptors (Lipinski definition) is 1. The minimum absolute atomic E-state index is 0.534. The van der Waals surface area contributed by atoms with Crippen LogP contribution >= 0.6 is 0 Å². The monoisotopic (exact) mass is 227 g/mol. The van der Waals surface area contributed by atoms with Crippen LogP contribution in [0.1, 0.15) is 49.7 Å². The van der Waals surface area contributed by atoms with Crippen molar-refractivity contribution in [2.45, 2.75) is 50.4 Å². The number of nitrogen functional groups attached to an aromatic ring is 1. The Morgan fingerprint density at radius 1 is 1.12 bits per heavy atom. The van der Waals surface area contributed by atoms with E-state index in [0.717, 1.165) is 17.5 Å². The normalized spacial score (nSPS) is 38.6. The number of nitrogens with two attached hydrogens (primary N) is 1. The molecule has 0 spiro atoms. The summed E-state index contributed by atoms with van der Waals surface area (Å²) < 4.78 is 0. The van der Waals surface area contributed by atoms with Gasteiger partial charge in [-0.1, -0.05) is 18.9 Å². The highest BCUT2D eigenvalue weighted by molar-refractivity contribution is 5.50. The van der Waals surface area contributed by atoms with Crippen LogP contribution in [-0.2, 0) is 11.8 Å². The first kappa shape index (κ1) is 9.99. The van der Waals surface area contributed by atoms with Crippen molar-refractivity contribution in [1.29, 1.82) is 0 Å². The minimum Gasteiger partial charge on any atom is -0.399 e. The molecular formula is C16H21N. The average molecular weight is 227 g/mol. The summed E-state index contributed by atoms with van der Waals surface area (Å²) in [7, 11) is 0. The van der Waals surface area contributed by atoms with Gasteiger partial charge in [0.15, 0.2) is 0 Å². The van der Waals surface area contributed by atoms with E-state index >= 15 is 0 Å². The second-order valence-corrected chi connectivity index (χ2v) is 6.43. The van der Waals surface area contributed by atoms with E-state index in [0.29, 0.717) is 5.41 Å². The lowest BCUT2D eigenvalue weighted by Crippen LogP contribution is -2.40. The molecule has 0 aliphatic heterocycles. The van der Waals surface area contributed by atoms with Crippen molar-refractivity contribution >= 4 is 5.69 Å². The zero-order valence-electron chi connectivity index (χ0n) is 10.4. The molecule has 2 fully saturated rings. The van der Waals surface area contributed by atoms with Gasteiger partial charge in [-0.15, -0.1) is 0 Å². The van der Waals surface area contributed by atoms with Crippen LogP contribution in [0.25, 0.3) is 0 Å². The lowest BCUT2D eigenvalue weighted by molar-refractivity contribution is 0.167. The van der Waals surface area contributed by atoms with E-state index in [-0.39, 0.29) is 0 Å². The fourth-order valence-electron chi connectivity index (χ4n) is 5.14. The maximum absolute atomic E-state index is 6.03. The molecule has 17 heavy (non-hydrogen) atoms. The quantitative estimate of drug-likeness (QED) is 0.672. The molecule has 90 valence electrons. The van der Waals surface area contributed by atoms with Crippen LogP contribution < -0.4 is 5.73 Å². The summed E-state index contributed by atoms with van der Waals surface area (Å²) in [4.78, 5) is 0. The molecule has 1 aromatic rings. The molecule has 0 unspecified atom stereocenters. The average Bonchev–Trinajstić information content (AvgIpc) is 2.65. The summed E-state index contributed by atoms with van der Waals surface area (Å²) in [6.45, 7) is 0. The zero-order chi connectivity index (χ0) is 11.5. The molecule has 3 aliphatic rings. The van der Waals surface area contributed by atoms with Gasteiger partial charge in [0.1, 0.15) is 0 Å². The molecule has 2 N–H and O–H groups in total. The summed E-state index contributed by atoms with van der Waals surface area (Å²) in [5.41, 5.74) is 10.8. The number of benzene rings is 1. The fourth-order valence-corrected chi connectivity index (χ4v) is 5.14. The third kappa shape index (κ3) is 1.20. The van der Waals surface area contributed by atoms with Crippen LogP contribution in [0.5, 0.6) is 0 Å². The van der Waals surface area contributed by atoms with Gasteiger partial charge in [0.05, 0.1) is 0 Å². The fraction of sp³-hybridized carbons (Fsp3) is 0.625. The van der Waals surface area contributed by atoms with Crippen molar-refractivity contribution < 1.29 is 0 Å². The van der Waals surface area contributed by atoms with Gasteiger partial charge >= 0.3 is 0 Å². The van der Waals surface area contributed by atoms with Gasteiger partial charge in [-0.05, 0) is 72.6 Å². The summed E-state index contributed by atoms with van der Waals surface area (Å²) in [5.74, 6) is 1.96. The van der Waals surface area contributed by atoms with E-state index in [1.54, 1.807) is 11.1 Å². The van der Waals surface area contributed by atoms with E-state index < -0.39 is 0 Å². The highest BCUT2D eigenvalue weighted by atomic mass is 14.6. The Morgan fingerprint density at radius 3 is 3.00 bits per heavy atom. The van der Waals surface area contributed by atoms with Gasteiger partial charge < -0.3 is 5.73 Å². The molecule has 0 aromatic heterocycles. The van der Waals surface area contributed by atoms with Gasteiger partial charge in [0.2, 0.25) is 0 Å². The Morgan fingerprint density at radius 2 is 2.06 bits per heavy atom. The van der Waals surface area contributed by atoms with E-state index in [1.165, 1.54) is 44.9 Å². The molecule has 1 heteroatoms. The number of rotatable bonds is 0. The van der Waals surface area contributed by atoms with Crippen molar-refractivity contribution in [3.8, 4) is 0 Å². The Kier molecular flexibility index (Phi) is 1.93. The lowest BCUT2D eigenvalue weighted by atomic mass is 9.58. The van der Waals surface area contributed by atoms with E-state index in [4.69, 9.17) is 5.73 Å². The molecule has 4 rings (SSSR count). The number of fused-ring (bicyclic) bond motifs is 1. The largest absolute Gasteiger partial charge is 0.399 e. The Balaban J connectivity index is 1.92. The van der Waals surface area contributed by atoms with Crippen molar-refractivity contribution in [3.05, 3.63) is 29.3 Å². The molecule has 0 heterocycles. The van der Waals surface area contributed by atoms with Gasteiger partial charge in [-0.25, -0.2) is 0 Å². The predicted octanol–water partition coefficient (Wildman–Crippen LogP) is 3.66. The highest BCUT2D eigenvalue weighted by Gasteiger charge is 2.53. The zero-order valence-corrected chi connectivity index (χ0v) is 10.4. The SMILES string of the molecule is Nc1ccc2c(c1)[C@]13CCCC[C@@H]1[C@@H](CC3)C2. The minimum atomic E-state index is 0.534. The van der Waals surface area contributed by atoms with E-state index in [9.17, 15) is 0 Å². The number of hydrogen-bond donors (Lipinski definition) is 1. The molecule has 1 nitrogen and oxygen atoms in total. The van der Waals surface area contributed by atoms with Gasteiger partial charge in [0, 0.05) is 5.69 Å². The summed E-state index contributed by atoms with van der Waals surface area (Å²) in [6.07, 6.45) is 9.99. The van der Waals surface area contributed by atoms with Gasteiger partial charge in [-0.3, -0.25) is 0 Å². The second-order valence-electron chi connectivity index (χ2n) is 6.43. The maximum atomic E-state index is 6.03. The van der Waals surface area contributed by atoms with Crippen molar-refractivity contribution in [2.75, 3.05) is 5.73 Å².